The fourth-order valence-electron chi connectivity index (χ4n) is 3.79. The lowest BCUT2D eigenvalue weighted by Gasteiger charge is -2.35. The number of hydrogen-bond donors (Lipinski definition) is 2. The molecule has 1 aliphatic rings. The van der Waals surface area contributed by atoms with E-state index in [2.05, 4.69) is 30.7 Å². The average molecular weight is 565 g/mol. The van der Waals surface area contributed by atoms with Crippen molar-refractivity contribution in [1.29, 1.82) is 0 Å². The molecule has 1 atom stereocenters. The molecule has 2 heterocycles. The van der Waals surface area contributed by atoms with Gasteiger partial charge in [-0.15, -0.1) is 34.2 Å². The zero-order valence-corrected chi connectivity index (χ0v) is 20.9. The monoisotopic (exact) mass is 565 g/mol. The molecule has 8 nitrogen and oxygen atoms in total. The molecule has 1 fully saturated rings. The second kappa shape index (κ2) is 12.6. The third-order valence-corrected chi connectivity index (χ3v) is 5.49. The van der Waals surface area contributed by atoms with Crippen LogP contribution >= 0.6 is 24.0 Å². The first-order valence-corrected chi connectivity index (χ1v) is 10.7. The van der Waals surface area contributed by atoms with Gasteiger partial charge in [0.25, 0.3) is 0 Å². The first-order chi connectivity index (χ1) is 15.7. The maximum atomic E-state index is 13.5. The van der Waals surface area contributed by atoms with Crippen molar-refractivity contribution in [3.05, 3.63) is 78.1 Å². The van der Waals surface area contributed by atoms with Crippen LogP contribution in [0.15, 0.2) is 65.9 Å². The number of ether oxygens (including phenoxy) is 1. The normalized spacial score (nSPS) is 15.5. The molecule has 4 rings (SSSR count). The maximum Gasteiger partial charge on any atom is 0.191 e. The molecule has 0 aliphatic carbocycles. The molecule has 10 heteroatoms. The Balaban J connectivity index is 0.00000306. The number of halogens is 2. The van der Waals surface area contributed by atoms with Gasteiger partial charge in [-0.1, -0.05) is 30.3 Å². The van der Waals surface area contributed by atoms with Crippen molar-refractivity contribution in [1.82, 2.24) is 30.3 Å². The van der Waals surface area contributed by atoms with E-state index in [4.69, 9.17) is 4.74 Å². The van der Waals surface area contributed by atoms with Crippen LogP contribution in [-0.4, -0.2) is 65.5 Å². The molecule has 1 unspecified atom stereocenters. The highest BCUT2D eigenvalue weighted by Gasteiger charge is 2.23. The minimum absolute atomic E-state index is 0. The average Bonchev–Trinajstić information content (AvgIpc) is 3.32. The van der Waals surface area contributed by atoms with Gasteiger partial charge in [0.05, 0.1) is 25.8 Å². The van der Waals surface area contributed by atoms with Crippen LogP contribution in [0, 0.1) is 5.82 Å². The molecule has 2 N–H and O–H groups in total. The summed E-state index contributed by atoms with van der Waals surface area (Å²) in [6, 6.07) is 16.7. The van der Waals surface area contributed by atoms with Crippen LogP contribution in [0.2, 0.25) is 0 Å². The zero-order valence-electron chi connectivity index (χ0n) is 18.5. The Bertz CT molecular complexity index is 1010. The summed E-state index contributed by atoms with van der Waals surface area (Å²) in [5, 5.41) is 15.0. The molecular weight excluding hydrogens is 536 g/mol. The van der Waals surface area contributed by atoms with E-state index in [1.807, 2.05) is 47.0 Å². The van der Waals surface area contributed by atoms with Crippen LogP contribution in [0.25, 0.3) is 5.69 Å². The van der Waals surface area contributed by atoms with E-state index >= 15 is 0 Å². The standard InChI is InChI=1S/C23H28FN7O.HI/c1-25-23(27-16-22-29-28-17-31(22)20-5-3-2-4-6-20)26-15-21(30-11-13-32-14-12-30)18-7-9-19(24)10-8-18;/h2-10,17,21H,11-16H2,1H3,(H2,25,26,27);1H. The van der Waals surface area contributed by atoms with E-state index in [0.29, 0.717) is 32.3 Å². The van der Waals surface area contributed by atoms with E-state index in [1.165, 1.54) is 12.1 Å². The zero-order chi connectivity index (χ0) is 22.2. The topological polar surface area (TPSA) is 79.6 Å². The minimum atomic E-state index is -0.234. The molecule has 1 aromatic heterocycles. The van der Waals surface area contributed by atoms with Crippen molar-refractivity contribution in [2.45, 2.75) is 12.6 Å². The molecule has 0 radical (unpaired) electrons. The Morgan fingerprint density at radius 1 is 1.09 bits per heavy atom. The third kappa shape index (κ3) is 6.71. The van der Waals surface area contributed by atoms with Crippen LogP contribution in [-0.2, 0) is 11.3 Å². The highest BCUT2D eigenvalue weighted by Crippen LogP contribution is 2.21. The molecule has 0 amide bonds. The van der Waals surface area contributed by atoms with Crippen molar-refractivity contribution in [3.63, 3.8) is 0 Å². The summed E-state index contributed by atoms with van der Waals surface area (Å²) in [5.41, 5.74) is 2.06. The summed E-state index contributed by atoms with van der Waals surface area (Å²) in [7, 11) is 1.74. The number of aromatic nitrogens is 3. The molecular formula is C23H29FIN7O. The largest absolute Gasteiger partial charge is 0.379 e. The summed E-state index contributed by atoms with van der Waals surface area (Å²) in [6.07, 6.45) is 1.70. The van der Waals surface area contributed by atoms with Gasteiger partial charge in [0.1, 0.15) is 12.1 Å². The number of aliphatic imine (C=N–C) groups is 1. The lowest BCUT2D eigenvalue weighted by atomic mass is 10.0. The van der Waals surface area contributed by atoms with Crippen molar-refractivity contribution in [3.8, 4) is 5.69 Å². The molecule has 1 aliphatic heterocycles. The molecule has 176 valence electrons. The Morgan fingerprint density at radius 3 is 2.52 bits per heavy atom. The summed E-state index contributed by atoms with van der Waals surface area (Å²) in [4.78, 5) is 6.70. The third-order valence-electron chi connectivity index (χ3n) is 5.49. The Labute approximate surface area is 210 Å². The number of nitrogens with one attached hydrogen (secondary N) is 2. The minimum Gasteiger partial charge on any atom is -0.379 e. The maximum absolute atomic E-state index is 13.5. The number of nitrogens with zero attached hydrogens (tertiary/aromatic N) is 5. The van der Waals surface area contributed by atoms with Gasteiger partial charge < -0.3 is 15.4 Å². The SMILES string of the molecule is CN=C(NCc1nncn1-c1ccccc1)NCC(c1ccc(F)cc1)N1CCOCC1.I. The van der Waals surface area contributed by atoms with E-state index in [9.17, 15) is 4.39 Å². The molecule has 1 saturated heterocycles. The van der Waals surface area contributed by atoms with Gasteiger partial charge in [0, 0.05) is 32.4 Å². The first kappa shape index (κ1) is 25.1. The van der Waals surface area contributed by atoms with E-state index in [-0.39, 0.29) is 35.8 Å². The van der Waals surface area contributed by atoms with Gasteiger partial charge in [-0.2, -0.15) is 0 Å². The molecule has 3 aromatic rings. The van der Waals surface area contributed by atoms with Crippen LogP contribution in [0.5, 0.6) is 0 Å². The molecule has 0 spiro atoms. The van der Waals surface area contributed by atoms with Gasteiger partial charge in [-0.05, 0) is 29.8 Å². The molecule has 33 heavy (non-hydrogen) atoms. The lowest BCUT2D eigenvalue weighted by molar-refractivity contribution is 0.0170. The highest BCUT2D eigenvalue weighted by atomic mass is 127. The number of morpholine rings is 1. The van der Waals surface area contributed by atoms with E-state index < -0.39 is 0 Å². The lowest BCUT2D eigenvalue weighted by Crippen LogP contribution is -2.46. The number of para-hydroxylation sites is 1. The smallest absolute Gasteiger partial charge is 0.191 e. The van der Waals surface area contributed by atoms with E-state index in [1.54, 1.807) is 13.4 Å². The van der Waals surface area contributed by atoms with Crippen LogP contribution < -0.4 is 10.6 Å². The number of guanidine groups is 1. The number of rotatable bonds is 7. The van der Waals surface area contributed by atoms with Crippen LogP contribution in [0.3, 0.4) is 0 Å². The molecule has 0 bridgehead atoms. The van der Waals surface area contributed by atoms with Crippen molar-refractivity contribution in [2.24, 2.45) is 4.99 Å². The quantitative estimate of drug-likeness (QED) is 0.261. The summed E-state index contributed by atoms with van der Waals surface area (Å²) < 4.78 is 20.9. The highest BCUT2D eigenvalue weighted by molar-refractivity contribution is 14.0. The fourth-order valence-corrected chi connectivity index (χ4v) is 3.79. The molecule has 2 aromatic carbocycles. The second-order valence-electron chi connectivity index (χ2n) is 7.48. The van der Waals surface area contributed by atoms with Crippen molar-refractivity contribution < 1.29 is 9.13 Å². The Hall–Kier alpha value is -2.57. The number of hydrogen-bond acceptors (Lipinski definition) is 5. The van der Waals surface area contributed by atoms with Gasteiger partial charge in [0.2, 0.25) is 0 Å². The molecule has 0 saturated carbocycles. The van der Waals surface area contributed by atoms with Crippen molar-refractivity contribution >= 4 is 29.9 Å². The van der Waals surface area contributed by atoms with Gasteiger partial charge >= 0.3 is 0 Å². The predicted octanol–water partition coefficient (Wildman–Crippen LogP) is 2.76. The predicted molar refractivity (Wildman–Crippen MR) is 137 cm³/mol. The van der Waals surface area contributed by atoms with Crippen molar-refractivity contribution in [2.75, 3.05) is 39.9 Å². The summed E-state index contributed by atoms with van der Waals surface area (Å²) in [6.45, 7) is 4.13. The van der Waals surface area contributed by atoms with Crippen LogP contribution in [0.1, 0.15) is 17.4 Å². The number of benzene rings is 2. The second-order valence-corrected chi connectivity index (χ2v) is 7.48. The van der Waals surface area contributed by atoms with E-state index in [0.717, 1.165) is 30.2 Å². The Morgan fingerprint density at radius 2 is 1.82 bits per heavy atom. The summed E-state index contributed by atoms with van der Waals surface area (Å²) >= 11 is 0. The van der Waals surface area contributed by atoms with Crippen LogP contribution in [0.4, 0.5) is 4.39 Å². The van der Waals surface area contributed by atoms with Gasteiger partial charge in [0.15, 0.2) is 11.8 Å². The first-order valence-electron chi connectivity index (χ1n) is 10.7. The van der Waals surface area contributed by atoms with Gasteiger partial charge in [-0.3, -0.25) is 14.5 Å². The fraction of sp³-hybridized carbons (Fsp3) is 0.348. The van der Waals surface area contributed by atoms with Gasteiger partial charge in [-0.25, -0.2) is 4.39 Å². The summed E-state index contributed by atoms with van der Waals surface area (Å²) in [5.74, 6) is 1.21. The Kier molecular flexibility index (Phi) is 9.58.